The summed E-state index contributed by atoms with van der Waals surface area (Å²) in [5, 5.41) is 0. The van der Waals surface area contributed by atoms with Crippen LogP contribution >= 0.6 is 0 Å². The van der Waals surface area contributed by atoms with Gasteiger partial charge in [-0.3, -0.25) is 4.79 Å². The number of likely N-dealkylation sites (N-methyl/N-ethyl adjacent to an activating group) is 1. The molecule has 0 heterocycles. The van der Waals surface area contributed by atoms with Gasteiger partial charge in [0.05, 0.1) is 6.61 Å². The van der Waals surface area contributed by atoms with Gasteiger partial charge in [0, 0.05) is 26.6 Å². The molecule has 0 saturated carbocycles. The first kappa shape index (κ1) is 16.4. The lowest BCUT2D eigenvalue weighted by Gasteiger charge is -2.24. The molecule has 1 atom stereocenters. The molecule has 0 aliphatic carbocycles. The van der Waals surface area contributed by atoms with Crippen molar-refractivity contribution in [3.63, 3.8) is 0 Å². The molecule has 102 valence electrons. The van der Waals surface area contributed by atoms with Gasteiger partial charge in [-0.1, -0.05) is 13.8 Å². The van der Waals surface area contributed by atoms with Crippen LogP contribution in [0.5, 0.6) is 0 Å². The third-order valence-electron chi connectivity index (χ3n) is 2.90. The number of hydrogen-bond donors (Lipinski definition) is 1. The van der Waals surface area contributed by atoms with Crippen molar-refractivity contribution in [3.05, 3.63) is 0 Å². The van der Waals surface area contributed by atoms with Crippen LogP contribution in [0.4, 0.5) is 0 Å². The van der Waals surface area contributed by atoms with Crippen molar-refractivity contribution in [2.24, 2.45) is 17.6 Å². The third-order valence-corrected chi connectivity index (χ3v) is 2.90. The molecule has 0 saturated heterocycles. The molecule has 0 unspecified atom stereocenters. The Morgan fingerprint density at radius 2 is 2.06 bits per heavy atom. The van der Waals surface area contributed by atoms with Crippen LogP contribution in [0.2, 0.25) is 0 Å². The first-order valence-electron chi connectivity index (χ1n) is 6.51. The van der Waals surface area contributed by atoms with Gasteiger partial charge in [-0.25, -0.2) is 0 Å². The maximum Gasteiger partial charge on any atom is 0.222 e. The highest BCUT2D eigenvalue weighted by atomic mass is 16.5. The van der Waals surface area contributed by atoms with Crippen LogP contribution < -0.4 is 5.73 Å². The van der Waals surface area contributed by atoms with E-state index < -0.39 is 0 Å². The summed E-state index contributed by atoms with van der Waals surface area (Å²) in [6.45, 7) is 8.91. The largest absolute Gasteiger partial charge is 0.383 e. The lowest BCUT2D eigenvalue weighted by Crippen LogP contribution is -2.36. The number of carbonyl (C=O) groups excluding carboxylic acids is 1. The fraction of sp³-hybridized carbons (Fsp3) is 0.923. The summed E-state index contributed by atoms with van der Waals surface area (Å²) < 4.78 is 5.00. The molecule has 0 radical (unpaired) electrons. The van der Waals surface area contributed by atoms with Crippen LogP contribution in [0.1, 0.15) is 33.6 Å². The van der Waals surface area contributed by atoms with Gasteiger partial charge in [0.25, 0.3) is 0 Å². The summed E-state index contributed by atoms with van der Waals surface area (Å²) >= 11 is 0. The molecule has 17 heavy (non-hydrogen) atoms. The van der Waals surface area contributed by atoms with E-state index in [0.717, 1.165) is 13.0 Å². The number of methoxy groups -OCH3 is 1. The Balaban J connectivity index is 4.16. The molecular weight excluding hydrogens is 216 g/mol. The Bertz CT molecular complexity index is 208. The number of hydrogen-bond acceptors (Lipinski definition) is 3. The number of nitrogens with zero attached hydrogens (tertiary/aromatic N) is 1. The van der Waals surface area contributed by atoms with Gasteiger partial charge in [-0.15, -0.1) is 0 Å². The van der Waals surface area contributed by atoms with Gasteiger partial charge in [-0.05, 0) is 31.7 Å². The fourth-order valence-electron chi connectivity index (χ4n) is 1.97. The van der Waals surface area contributed by atoms with Gasteiger partial charge >= 0.3 is 0 Å². The summed E-state index contributed by atoms with van der Waals surface area (Å²) in [6.07, 6.45) is 1.58. The monoisotopic (exact) mass is 244 g/mol. The van der Waals surface area contributed by atoms with Crippen molar-refractivity contribution in [2.45, 2.75) is 33.6 Å². The van der Waals surface area contributed by atoms with E-state index in [1.807, 2.05) is 11.8 Å². The molecular formula is C13H28N2O2. The van der Waals surface area contributed by atoms with Crippen LogP contribution in [0.3, 0.4) is 0 Å². The van der Waals surface area contributed by atoms with E-state index in [-0.39, 0.29) is 5.91 Å². The summed E-state index contributed by atoms with van der Waals surface area (Å²) in [5.41, 5.74) is 5.72. The molecule has 0 bridgehead atoms. The number of ether oxygens (including phenoxy) is 1. The molecule has 1 amide bonds. The zero-order chi connectivity index (χ0) is 13.3. The van der Waals surface area contributed by atoms with Gasteiger partial charge in [0.15, 0.2) is 0 Å². The number of amides is 1. The minimum absolute atomic E-state index is 0.195. The molecule has 0 spiro atoms. The molecule has 0 fully saturated rings. The minimum atomic E-state index is 0.195. The Morgan fingerprint density at radius 1 is 1.41 bits per heavy atom. The van der Waals surface area contributed by atoms with E-state index in [0.29, 0.717) is 38.0 Å². The third kappa shape index (κ3) is 7.34. The molecule has 0 aromatic carbocycles. The van der Waals surface area contributed by atoms with E-state index in [1.165, 1.54) is 0 Å². The van der Waals surface area contributed by atoms with E-state index >= 15 is 0 Å². The molecule has 4 heteroatoms. The van der Waals surface area contributed by atoms with Crippen LogP contribution in [0, 0.1) is 11.8 Å². The van der Waals surface area contributed by atoms with E-state index in [4.69, 9.17) is 10.5 Å². The molecule has 0 aromatic rings. The number of nitrogens with two attached hydrogens (primary N) is 1. The minimum Gasteiger partial charge on any atom is -0.383 e. The zero-order valence-electron chi connectivity index (χ0n) is 11.7. The number of carbonyl (C=O) groups is 1. The second-order valence-corrected chi connectivity index (χ2v) is 4.90. The Morgan fingerprint density at radius 3 is 2.47 bits per heavy atom. The van der Waals surface area contributed by atoms with Crippen LogP contribution in [0.15, 0.2) is 0 Å². The van der Waals surface area contributed by atoms with Crippen molar-refractivity contribution in [1.29, 1.82) is 0 Å². The summed E-state index contributed by atoms with van der Waals surface area (Å²) in [7, 11) is 1.65. The normalized spacial score (nSPS) is 12.8. The molecule has 0 rings (SSSR count). The molecule has 0 aliphatic heterocycles. The Labute approximate surface area is 105 Å². The van der Waals surface area contributed by atoms with Crippen molar-refractivity contribution in [1.82, 2.24) is 4.90 Å². The van der Waals surface area contributed by atoms with Crippen molar-refractivity contribution < 1.29 is 9.53 Å². The van der Waals surface area contributed by atoms with E-state index in [2.05, 4.69) is 13.8 Å². The average molecular weight is 244 g/mol. The Kier molecular flexibility index (Phi) is 9.09. The molecule has 4 nitrogen and oxygen atoms in total. The van der Waals surface area contributed by atoms with Crippen molar-refractivity contribution in [3.8, 4) is 0 Å². The Hall–Kier alpha value is -0.610. The molecule has 2 N–H and O–H groups in total. The average Bonchev–Trinajstić information content (AvgIpc) is 2.28. The predicted molar refractivity (Wildman–Crippen MR) is 70.7 cm³/mol. The van der Waals surface area contributed by atoms with Crippen LogP contribution in [0.25, 0.3) is 0 Å². The summed E-state index contributed by atoms with van der Waals surface area (Å²) in [4.78, 5) is 13.9. The van der Waals surface area contributed by atoms with Crippen molar-refractivity contribution >= 4 is 5.91 Å². The second kappa shape index (κ2) is 9.42. The van der Waals surface area contributed by atoms with Gasteiger partial charge in [0.1, 0.15) is 0 Å². The predicted octanol–water partition coefficient (Wildman–Crippen LogP) is 1.49. The van der Waals surface area contributed by atoms with E-state index in [9.17, 15) is 4.79 Å². The summed E-state index contributed by atoms with van der Waals surface area (Å²) in [5.74, 6) is 1.09. The standard InChI is InChI=1S/C13H28N2O2/c1-5-15(6-7-17-4)13(16)9-12(10-14)8-11(2)3/h11-12H,5-10,14H2,1-4H3/t12-/m0/s1. The second-order valence-electron chi connectivity index (χ2n) is 4.90. The topological polar surface area (TPSA) is 55.6 Å². The highest BCUT2D eigenvalue weighted by molar-refractivity contribution is 5.76. The maximum atomic E-state index is 12.0. The number of rotatable bonds is 9. The maximum absolute atomic E-state index is 12.0. The summed E-state index contributed by atoms with van der Waals surface area (Å²) in [6, 6.07) is 0. The highest BCUT2D eigenvalue weighted by Crippen LogP contribution is 2.15. The van der Waals surface area contributed by atoms with Gasteiger partial charge < -0.3 is 15.4 Å². The fourth-order valence-corrected chi connectivity index (χ4v) is 1.97. The smallest absolute Gasteiger partial charge is 0.222 e. The van der Waals surface area contributed by atoms with E-state index in [1.54, 1.807) is 7.11 Å². The zero-order valence-corrected chi connectivity index (χ0v) is 11.7. The van der Waals surface area contributed by atoms with Crippen LogP contribution in [-0.4, -0.2) is 44.2 Å². The van der Waals surface area contributed by atoms with Gasteiger partial charge in [0.2, 0.25) is 5.91 Å². The SMILES string of the molecule is CCN(CCOC)C(=O)C[C@@H](CN)CC(C)C. The van der Waals surface area contributed by atoms with Crippen LogP contribution in [-0.2, 0) is 9.53 Å². The lowest BCUT2D eigenvalue weighted by molar-refractivity contribution is -0.132. The molecule has 0 aliphatic rings. The lowest BCUT2D eigenvalue weighted by atomic mass is 9.94. The van der Waals surface area contributed by atoms with Crippen molar-refractivity contribution in [2.75, 3.05) is 33.4 Å². The first-order valence-corrected chi connectivity index (χ1v) is 6.51. The first-order chi connectivity index (χ1) is 8.04. The van der Waals surface area contributed by atoms with Gasteiger partial charge in [-0.2, -0.15) is 0 Å². The quantitative estimate of drug-likeness (QED) is 0.668. The highest BCUT2D eigenvalue weighted by Gasteiger charge is 2.18. The molecule has 0 aromatic heterocycles.